The van der Waals surface area contributed by atoms with Crippen molar-refractivity contribution in [3.63, 3.8) is 0 Å². The molecule has 158 valence electrons. The predicted octanol–water partition coefficient (Wildman–Crippen LogP) is 4.15. The highest BCUT2D eigenvalue weighted by Crippen LogP contribution is 2.41. The maximum absolute atomic E-state index is 6.27. The molecule has 0 radical (unpaired) electrons. The quantitative estimate of drug-likeness (QED) is 0.526. The summed E-state index contributed by atoms with van der Waals surface area (Å²) in [5, 5.41) is 0. The Morgan fingerprint density at radius 3 is 2.19 bits per heavy atom. The Bertz CT molecular complexity index is 466. The van der Waals surface area contributed by atoms with E-state index >= 15 is 0 Å². The van der Waals surface area contributed by atoms with Gasteiger partial charge in [-0.2, -0.15) is 0 Å². The summed E-state index contributed by atoms with van der Waals surface area (Å²) in [6.45, 7) is 11.1. The third-order valence-corrected chi connectivity index (χ3v) is 5.48. The van der Waals surface area contributed by atoms with Gasteiger partial charge in [-0.1, -0.05) is 45.4 Å². The maximum Gasteiger partial charge on any atom is 0.190 e. The number of hydrogen-bond acceptors (Lipinski definition) is 6. The largest absolute Gasteiger partial charge is 0.372 e. The number of rotatable bonds is 10. The fraction of sp³-hybridized carbons (Fsp3) is 1.00. The SMILES string of the molecule is CCCCCCCCCO[C@@H]1[C@H]2OC(C)(C)O[C@H]2O[C@@H]1C1COC(C)(C)O1. The molecule has 3 heterocycles. The maximum atomic E-state index is 6.27. The molecule has 3 saturated heterocycles. The van der Waals surface area contributed by atoms with E-state index in [1.165, 1.54) is 38.5 Å². The van der Waals surface area contributed by atoms with Gasteiger partial charge >= 0.3 is 0 Å². The van der Waals surface area contributed by atoms with Crippen LogP contribution in [0.4, 0.5) is 0 Å². The number of unbranched alkanes of at least 4 members (excludes halogenated alkanes) is 6. The van der Waals surface area contributed by atoms with Crippen molar-refractivity contribution in [2.75, 3.05) is 13.2 Å². The molecule has 6 heteroatoms. The highest BCUT2D eigenvalue weighted by Gasteiger charge is 2.58. The van der Waals surface area contributed by atoms with Crippen LogP contribution in [0.5, 0.6) is 0 Å². The average molecular weight is 387 g/mol. The van der Waals surface area contributed by atoms with Crippen LogP contribution < -0.4 is 0 Å². The van der Waals surface area contributed by atoms with Gasteiger partial charge in [0.05, 0.1) is 6.61 Å². The van der Waals surface area contributed by atoms with Crippen LogP contribution in [0.1, 0.15) is 79.6 Å². The zero-order valence-electron chi connectivity index (χ0n) is 17.7. The second-order valence-electron chi connectivity index (χ2n) is 8.89. The lowest BCUT2D eigenvalue weighted by atomic mass is 10.1. The van der Waals surface area contributed by atoms with Crippen LogP contribution >= 0.6 is 0 Å². The monoisotopic (exact) mass is 386 g/mol. The normalized spacial score (nSPS) is 37.0. The van der Waals surface area contributed by atoms with Gasteiger partial charge in [-0.15, -0.1) is 0 Å². The van der Waals surface area contributed by atoms with E-state index in [1.54, 1.807) is 0 Å². The van der Waals surface area contributed by atoms with E-state index in [2.05, 4.69) is 6.92 Å². The first-order chi connectivity index (χ1) is 12.8. The lowest BCUT2D eigenvalue weighted by molar-refractivity contribution is -0.236. The molecule has 3 aliphatic heterocycles. The molecule has 0 aromatic carbocycles. The van der Waals surface area contributed by atoms with Crippen LogP contribution in [0.2, 0.25) is 0 Å². The summed E-state index contributed by atoms with van der Waals surface area (Å²) in [6, 6.07) is 0. The third-order valence-electron chi connectivity index (χ3n) is 5.48. The van der Waals surface area contributed by atoms with Crippen molar-refractivity contribution >= 4 is 0 Å². The Balaban J connectivity index is 1.49. The molecule has 1 unspecified atom stereocenters. The van der Waals surface area contributed by atoms with Crippen LogP contribution in [0, 0.1) is 0 Å². The zero-order chi connectivity index (χ0) is 19.5. The summed E-state index contributed by atoms with van der Waals surface area (Å²) >= 11 is 0. The van der Waals surface area contributed by atoms with Gasteiger partial charge in [0.1, 0.15) is 24.4 Å². The van der Waals surface area contributed by atoms with Gasteiger partial charge in [0.15, 0.2) is 17.9 Å². The molecule has 0 aromatic rings. The first-order valence-electron chi connectivity index (χ1n) is 10.8. The highest BCUT2D eigenvalue weighted by atomic mass is 16.8. The van der Waals surface area contributed by atoms with Gasteiger partial charge in [0.25, 0.3) is 0 Å². The molecule has 0 spiro atoms. The molecular formula is C21H38O6. The van der Waals surface area contributed by atoms with E-state index in [9.17, 15) is 0 Å². The van der Waals surface area contributed by atoms with Crippen LogP contribution in [0.15, 0.2) is 0 Å². The minimum absolute atomic E-state index is 0.167. The Labute approximate surface area is 164 Å². The first-order valence-corrected chi connectivity index (χ1v) is 10.8. The van der Waals surface area contributed by atoms with E-state index in [-0.39, 0.29) is 24.4 Å². The summed E-state index contributed by atoms with van der Waals surface area (Å²) in [7, 11) is 0. The van der Waals surface area contributed by atoms with Gasteiger partial charge in [0, 0.05) is 6.61 Å². The molecule has 5 atom stereocenters. The summed E-state index contributed by atoms with van der Waals surface area (Å²) in [4.78, 5) is 0. The van der Waals surface area contributed by atoms with Gasteiger partial charge in [0.2, 0.25) is 0 Å². The number of fused-ring (bicyclic) bond motifs is 1. The zero-order valence-corrected chi connectivity index (χ0v) is 17.7. The molecule has 3 fully saturated rings. The summed E-state index contributed by atoms with van der Waals surface area (Å²) in [6.07, 6.45) is 7.61. The molecule has 27 heavy (non-hydrogen) atoms. The van der Waals surface area contributed by atoms with Gasteiger partial charge in [-0.05, 0) is 34.1 Å². The lowest BCUT2D eigenvalue weighted by Crippen LogP contribution is -2.44. The molecular weight excluding hydrogens is 348 g/mol. The summed E-state index contributed by atoms with van der Waals surface area (Å²) < 4.78 is 36.2. The van der Waals surface area contributed by atoms with Crippen molar-refractivity contribution < 1.29 is 28.4 Å². The molecule has 6 nitrogen and oxygen atoms in total. The molecule has 0 aromatic heterocycles. The second-order valence-corrected chi connectivity index (χ2v) is 8.89. The summed E-state index contributed by atoms with van der Waals surface area (Å²) in [5.41, 5.74) is 0. The van der Waals surface area contributed by atoms with Gasteiger partial charge < -0.3 is 28.4 Å². The standard InChI is InChI=1S/C21H38O6/c1-6-7-8-9-10-11-12-13-22-17-16(15-14-23-20(2,3)25-15)24-19-18(17)26-21(4,5)27-19/h15-19H,6-14H2,1-5H3/t15?,16-,17+,18-,19-/m1/s1. The number of ether oxygens (including phenoxy) is 6. The van der Waals surface area contributed by atoms with E-state index in [0.29, 0.717) is 13.2 Å². The molecule has 0 aliphatic carbocycles. The smallest absolute Gasteiger partial charge is 0.190 e. The Morgan fingerprint density at radius 1 is 0.815 bits per heavy atom. The fourth-order valence-electron chi connectivity index (χ4n) is 4.15. The molecule has 3 rings (SSSR count). The van der Waals surface area contributed by atoms with Crippen molar-refractivity contribution in [3.8, 4) is 0 Å². The molecule has 0 N–H and O–H groups in total. The van der Waals surface area contributed by atoms with E-state index in [4.69, 9.17) is 28.4 Å². The van der Waals surface area contributed by atoms with Crippen molar-refractivity contribution in [2.45, 2.75) is 122 Å². The van der Waals surface area contributed by atoms with E-state index in [0.717, 1.165) is 6.42 Å². The minimum atomic E-state index is -0.645. The van der Waals surface area contributed by atoms with E-state index in [1.807, 2.05) is 27.7 Å². The summed E-state index contributed by atoms with van der Waals surface area (Å²) in [5.74, 6) is -1.23. The first kappa shape index (κ1) is 21.5. The van der Waals surface area contributed by atoms with Crippen LogP contribution in [-0.4, -0.2) is 55.5 Å². The van der Waals surface area contributed by atoms with Crippen molar-refractivity contribution in [1.82, 2.24) is 0 Å². The molecule has 3 aliphatic rings. The lowest BCUT2D eigenvalue weighted by Gasteiger charge is -2.29. The van der Waals surface area contributed by atoms with Crippen LogP contribution in [0.25, 0.3) is 0 Å². The van der Waals surface area contributed by atoms with Crippen LogP contribution in [-0.2, 0) is 28.4 Å². The molecule has 0 amide bonds. The van der Waals surface area contributed by atoms with Crippen molar-refractivity contribution in [3.05, 3.63) is 0 Å². The third kappa shape index (κ3) is 5.64. The van der Waals surface area contributed by atoms with E-state index < -0.39 is 17.9 Å². The molecule has 0 saturated carbocycles. The van der Waals surface area contributed by atoms with Crippen molar-refractivity contribution in [2.24, 2.45) is 0 Å². The van der Waals surface area contributed by atoms with Crippen LogP contribution in [0.3, 0.4) is 0 Å². The van der Waals surface area contributed by atoms with Gasteiger partial charge in [-0.25, -0.2) is 0 Å². The fourth-order valence-corrected chi connectivity index (χ4v) is 4.15. The predicted molar refractivity (Wildman–Crippen MR) is 101 cm³/mol. The minimum Gasteiger partial charge on any atom is -0.372 e. The van der Waals surface area contributed by atoms with Gasteiger partial charge in [-0.3, -0.25) is 0 Å². The Morgan fingerprint density at radius 2 is 1.52 bits per heavy atom. The Hall–Kier alpha value is -0.240. The Kier molecular flexibility index (Phi) is 7.20. The topological polar surface area (TPSA) is 55.4 Å². The molecule has 0 bridgehead atoms. The highest BCUT2D eigenvalue weighted by molar-refractivity contribution is 4.98. The average Bonchev–Trinajstić information content (AvgIpc) is 3.19. The number of hydrogen-bond donors (Lipinski definition) is 0. The second kappa shape index (κ2) is 9.06. The van der Waals surface area contributed by atoms with Crippen molar-refractivity contribution in [1.29, 1.82) is 0 Å².